The lowest BCUT2D eigenvalue weighted by molar-refractivity contribution is 0.247. The lowest BCUT2D eigenvalue weighted by atomic mass is 10.0. The first-order valence-electron chi connectivity index (χ1n) is 11.9. The van der Waals surface area contributed by atoms with E-state index >= 15 is 0 Å². The van der Waals surface area contributed by atoms with Crippen LogP contribution in [-0.4, -0.2) is 37.6 Å². The van der Waals surface area contributed by atoms with Crippen molar-refractivity contribution in [1.29, 1.82) is 0 Å². The summed E-state index contributed by atoms with van der Waals surface area (Å²) in [6, 6.07) is 10.2. The van der Waals surface area contributed by atoms with E-state index in [9.17, 15) is 22.0 Å². The second-order valence-corrected chi connectivity index (χ2v) is 11.9. The lowest BCUT2D eigenvalue weighted by Gasteiger charge is -2.20. The normalized spacial score (nSPS) is 20.0. The molecule has 200 valence electrons. The van der Waals surface area contributed by atoms with Crippen LogP contribution in [0.4, 0.5) is 19.4 Å². The number of benzene rings is 2. The highest BCUT2D eigenvalue weighted by Gasteiger charge is 2.57. The summed E-state index contributed by atoms with van der Waals surface area (Å²) in [4.78, 5) is 16.8. The van der Waals surface area contributed by atoms with Crippen LogP contribution in [0.15, 0.2) is 59.6 Å². The van der Waals surface area contributed by atoms with Crippen molar-refractivity contribution in [3.63, 3.8) is 0 Å². The van der Waals surface area contributed by atoms with Gasteiger partial charge in [0.1, 0.15) is 23.1 Å². The highest BCUT2D eigenvalue weighted by molar-refractivity contribution is 7.89. The minimum Gasteiger partial charge on any atom is -0.490 e. The van der Waals surface area contributed by atoms with Gasteiger partial charge in [0.15, 0.2) is 11.6 Å². The number of fused-ring (bicyclic) bond motifs is 3. The van der Waals surface area contributed by atoms with Crippen molar-refractivity contribution in [3.8, 4) is 17.2 Å². The SMILES string of the molecule is CC(C)(C)NS(=O)(=O)c1ccc(Oc2ccc(NC(=O)N[C@@H]3C4COc5c(F)ccc(F)c5C43)nc2)cc1. The lowest BCUT2D eigenvalue weighted by Crippen LogP contribution is -2.40. The van der Waals surface area contributed by atoms with Crippen molar-refractivity contribution >= 4 is 21.9 Å². The van der Waals surface area contributed by atoms with Crippen LogP contribution >= 0.6 is 0 Å². The van der Waals surface area contributed by atoms with E-state index < -0.39 is 33.2 Å². The van der Waals surface area contributed by atoms with E-state index in [4.69, 9.17) is 9.47 Å². The highest BCUT2D eigenvalue weighted by Crippen LogP contribution is 2.55. The van der Waals surface area contributed by atoms with Gasteiger partial charge in [0.25, 0.3) is 0 Å². The first-order valence-corrected chi connectivity index (χ1v) is 13.4. The molecular formula is C26H26F2N4O5S. The van der Waals surface area contributed by atoms with Crippen LogP contribution in [0.2, 0.25) is 0 Å². The fourth-order valence-corrected chi connectivity index (χ4v) is 5.88. The number of sulfonamides is 1. The molecule has 38 heavy (non-hydrogen) atoms. The maximum atomic E-state index is 14.3. The van der Waals surface area contributed by atoms with E-state index in [-0.39, 0.29) is 46.5 Å². The Morgan fingerprint density at radius 3 is 2.37 bits per heavy atom. The Morgan fingerprint density at radius 2 is 1.71 bits per heavy atom. The molecule has 2 aliphatic rings. The molecule has 0 bridgehead atoms. The number of carbonyl (C=O) groups excluding carboxylic acids is 1. The van der Waals surface area contributed by atoms with Gasteiger partial charge in [0.05, 0.1) is 17.7 Å². The Labute approximate surface area is 218 Å². The zero-order valence-corrected chi connectivity index (χ0v) is 21.6. The molecule has 12 heteroatoms. The maximum Gasteiger partial charge on any atom is 0.320 e. The van der Waals surface area contributed by atoms with Gasteiger partial charge < -0.3 is 14.8 Å². The molecule has 0 saturated heterocycles. The number of hydrogen-bond donors (Lipinski definition) is 3. The predicted molar refractivity (Wildman–Crippen MR) is 135 cm³/mol. The van der Waals surface area contributed by atoms with Gasteiger partial charge in [-0.25, -0.2) is 31.7 Å². The number of hydrogen-bond acceptors (Lipinski definition) is 6. The number of amides is 2. The van der Waals surface area contributed by atoms with Crippen molar-refractivity contribution in [2.24, 2.45) is 5.92 Å². The number of nitrogens with one attached hydrogen (secondary N) is 3. The molecule has 3 N–H and O–H groups in total. The van der Waals surface area contributed by atoms with Crippen LogP contribution in [0.3, 0.4) is 0 Å². The molecular weight excluding hydrogens is 518 g/mol. The van der Waals surface area contributed by atoms with Crippen molar-refractivity contribution in [2.75, 3.05) is 11.9 Å². The summed E-state index contributed by atoms with van der Waals surface area (Å²) in [7, 11) is -3.66. The summed E-state index contributed by atoms with van der Waals surface area (Å²) < 4.78 is 66.8. The van der Waals surface area contributed by atoms with Gasteiger partial charge in [-0.3, -0.25) is 5.32 Å². The van der Waals surface area contributed by atoms with Gasteiger partial charge in [0.2, 0.25) is 10.0 Å². The number of aromatic nitrogens is 1. The van der Waals surface area contributed by atoms with E-state index in [0.717, 1.165) is 12.1 Å². The average molecular weight is 545 g/mol. The van der Waals surface area contributed by atoms with Crippen molar-refractivity contribution < 1.29 is 31.5 Å². The Morgan fingerprint density at radius 1 is 1.03 bits per heavy atom. The van der Waals surface area contributed by atoms with Crippen LogP contribution in [0.1, 0.15) is 32.3 Å². The molecule has 0 spiro atoms. The molecule has 1 aliphatic heterocycles. The first-order chi connectivity index (χ1) is 17.9. The number of halogens is 2. The Hall–Kier alpha value is -3.77. The smallest absolute Gasteiger partial charge is 0.320 e. The molecule has 3 aromatic rings. The van der Waals surface area contributed by atoms with Gasteiger partial charge >= 0.3 is 6.03 Å². The molecule has 2 heterocycles. The minimum atomic E-state index is -3.66. The molecule has 1 fully saturated rings. The van der Waals surface area contributed by atoms with Crippen LogP contribution < -0.4 is 24.8 Å². The predicted octanol–water partition coefficient (Wildman–Crippen LogP) is 4.53. The number of anilines is 1. The van der Waals surface area contributed by atoms with E-state index in [1.165, 1.54) is 36.5 Å². The van der Waals surface area contributed by atoms with Crippen LogP contribution in [0, 0.1) is 17.6 Å². The Balaban J connectivity index is 1.16. The molecule has 2 unspecified atom stereocenters. The van der Waals surface area contributed by atoms with Crippen LogP contribution in [0.5, 0.6) is 17.2 Å². The second-order valence-electron chi connectivity index (χ2n) is 10.2. The maximum absolute atomic E-state index is 14.3. The van der Waals surface area contributed by atoms with Gasteiger partial charge in [-0.2, -0.15) is 0 Å². The highest BCUT2D eigenvalue weighted by atomic mass is 32.2. The summed E-state index contributed by atoms with van der Waals surface area (Å²) >= 11 is 0. The zero-order chi connectivity index (χ0) is 27.2. The molecule has 1 aliphatic carbocycles. The molecule has 3 atom stereocenters. The standard InChI is InChI=1S/C26H26F2N4O5S/c1-26(2,3)32-38(34,35)16-7-4-14(5-8-16)37-15-6-11-20(29-12-15)30-25(33)31-23-17-13-36-24-19(28)10-9-18(27)22(24)21(17)23/h4-12,17,21,23,32H,13H2,1-3H3,(H2,29,30,31,33)/t17?,21?,23-/m1/s1. The van der Waals surface area contributed by atoms with Gasteiger partial charge in [-0.15, -0.1) is 0 Å². The van der Waals surface area contributed by atoms with Gasteiger partial charge in [-0.05, 0) is 69.3 Å². The number of pyridine rings is 1. The quantitative estimate of drug-likeness (QED) is 0.420. The van der Waals surface area contributed by atoms with Crippen molar-refractivity contribution in [3.05, 3.63) is 71.9 Å². The molecule has 9 nitrogen and oxygen atoms in total. The molecule has 1 aromatic heterocycles. The molecule has 2 aromatic carbocycles. The number of ether oxygens (including phenoxy) is 2. The molecule has 5 rings (SSSR count). The van der Waals surface area contributed by atoms with Crippen LogP contribution in [-0.2, 0) is 10.0 Å². The molecule has 1 saturated carbocycles. The van der Waals surface area contributed by atoms with Gasteiger partial charge in [0, 0.05) is 29.0 Å². The summed E-state index contributed by atoms with van der Waals surface area (Å²) in [6.45, 7) is 5.46. The van der Waals surface area contributed by atoms with Crippen molar-refractivity contribution in [1.82, 2.24) is 15.0 Å². The topological polar surface area (TPSA) is 119 Å². The summed E-state index contributed by atoms with van der Waals surface area (Å²) in [5.74, 6) is -0.737. The Bertz CT molecular complexity index is 1480. The molecule has 2 amide bonds. The number of nitrogens with zero attached hydrogens (tertiary/aromatic N) is 1. The monoisotopic (exact) mass is 544 g/mol. The third-order valence-electron chi connectivity index (χ3n) is 6.10. The largest absolute Gasteiger partial charge is 0.490 e. The fraction of sp³-hybridized carbons (Fsp3) is 0.308. The van der Waals surface area contributed by atoms with Gasteiger partial charge in [-0.1, -0.05) is 0 Å². The summed E-state index contributed by atoms with van der Waals surface area (Å²) in [5.41, 5.74) is -0.456. The van der Waals surface area contributed by atoms with E-state index in [1.54, 1.807) is 26.8 Å². The number of rotatable bonds is 6. The third-order valence-corrected chi connectivity index (χ3v) is 7.88. The first kappa shape index (κ1) is 25.9. The Kier molecular flexibility index (Phi) is 6.48. The second kappa shape index (κ2) is 9.52. The number of urea groups is 1. The summed E-state index contributed by atoms with van der Waals surface area (Å²) in [5, 5.41) is 5.38. The zero-order valence-electron chi connectivity index (χ0n) is 20.8. The van der Waals surface area contributed by atoms with E-state index in [0.29, 0.717) is 11.5 Å². The van der Waals surface area contributed by atoms with E-state index in [1.807, 2.05) is 0 Å². The minimum absolute atomic E-state index is 0.0916. The molecule has 0 radical (unpaired) electrons. The van der Waals surface area contributed by atoms with Crippen molar-refractivity contribution in [2.45, 2.75) is 43.2 Å². The number of carbonyl (C=O) groups is 1. The third kappa shape index (κ3) is 5.41. The fourth-order valence-electron chi connectivity index (χ4n) is 4.46. The summed E-state index contributed by atoms with van der Waals surface area (Å²) in [6.07, 6.45) is 1.40. The van der Waals surface area contributed by atoms with E-state index in [2.05, 4.69) is 20.3 Å². The van der Waals surface area contributed by atoms with Crippen LogP contribution in [0.25, 0.3) is 0 Å². The average Bonchev–Trinajstić information content (AvgIpc) is 3.54.